The summed E-state index contributed by atoms with van der Waals surface area (Å²) in [6.45, 7) is 9.76. The van der Waals surface area contributed by atoms with Gasteiger partial charge >= 0.3 is 0 Å². The zero-order valence-corrected chi connectivity index (χ0v) is 8.22. The molecule has 0 unspecified atom stereocenters. The van der Waals surface area contributed by atoms with Crippen LogP contribution in [0.4, 0.5) is 0 Å². The minimum atomic E-state index is 1.03. The summed E-state index contributed by atoms with van der Waals surface area (Å²) in [6, 6.07) is 0. The average molecular weight is 172 g/mol. The Bertz CT molecular complexity index is 298. The first-order valence-electron chi connectivity index (χ1n) is 4.67. The van der Waals surface area contributed by atoms with E-state index in [0.29, 0.717) is 0 Å². The van der Waals surface area contributed by atoms with Gasteiger partial charge < -0.3 is 0 Å². The second kappa shape index (κ2) is 4.66. The molecule has 0 atom stereocenters. The topological polar surface area (TPSA) is 0 Å². The third-order valence-corrected chi connectivity index (χ3v) is 2.31. The van der Waals surface area contributed by atoms with Gasteiger partial charge in [0.15, 0.2) is 0 Å². The zero-order chi connectivity index (χ0) is 9.68. The third-order valence-electron chi connectivity index (χ3n) is 2.31. The summed E-state index contributed by atoms with van der Waals surface area (Å²) < 4.78 is 0. The van der Waals surface area contributed by atoms with Crippen LogP contribution < -0.4 is 0 Å². The monoisotopic (exact) mass is 172 g/mol. The van der Waals surface area contributed by atoms with Crippen LogP contribution in [0.2, 0.25) is 0 Å². The smallest absolute Gasteiger partial charge is 0.0127 e. The Labute approximate surface area is 80.7 Å². The fraction of sp³-hybridized carbons (Fsp3) is 0.231. The molecule has 0 fully saturated rings. The fourth-order valence-electron chi connectivity index (χ4n) is 1.38. The van der Waals surface area contributed by atoms with E-state index < -0.39 is 0 Å². The molecule has 0 heterocycles. The van der Waals surface area contributed by atoms with Gasteiger partial charge in [0.1, 0.15) is 0 Å². The van der Waals surface area contributed by atoms with Gasteiger partial charge in [-0.15, -0.1) is 0 Å². The Morgan fingerprint density at radius 1 is 1.23 bits per heavy atom. The predicted octanol–water partition coefficient (Wildman–Crippen LogP) is 3.95. The summed E-state index contributed by atoms with van der Waals surface area (Å²) in [5, 5.41) is 0. The first kappa shape index (κ1) is 9.79. The second-order valence-electron chi connectivity index (χ2n) is 3.07. The number of hydrogen-bond donors (Lipinski definition) is 0. The maximum Gasteiger partial charge on any atom is -0.0127 e. The van der Waals surface area contributed by atoms with Crippen molar-refractivity contribution in [1.29, 1.82) is 0 Å². The van der Waals surface area contributed by atoms with Gasteiger partial charge in [-0.25, -0.2) is 0 Å². The van der Waals surface area contributed by atoms with Crippen LogP contribution in [0.25, 0.3) is 0 Å². The average Bonchev–Trinajstić information content (AvgIpc) is 2.38. The largest absolute Gasteiger partial charge is 0.0985 e. The molecule has 0 aliphatic heterocycles. The number of allylic oxidation sites excluding steroid dienone is 8. The van der Waals surface area contributed by atoms with E-state index in [0.717, 1.165) is 12.8 Å². The van der Waals surface area contributed by atoms with Gasteiger partial charge in [-0.2, -0.15) is 0 Å². The Hall–Kier alpha value is -1.30. The summed E-state index contributed by atoms with van der Waals surface area (Å²) in [4.78, 5) is 0. The van der Waals surface area contributed by atoms with Crippen molar-refractivity contribution in [3.8, 4) is 0 Å². The van der Waals surface area contributed by atoms with E-state index in [1.807, 2.05) is 12.2 Å². The van der Waals surface area contributed by atoms with Gasteiger partial charge in [0.2, 0.25) is 0 Å². The van der Waals surface area contributed by atoms with E-state index in [-0.39, 0.29) is 0 Å². The Morgan fingerprint density at radius 3 is 2.46 bits per heavy atom. The first-order chi connectivity index (χ1) is 6.31. The lowest BCUT2D eigenvalue weighted by molar-refractivity contribution is 1.03. The van der Waals surface area contributed by atoms with Gasteiger partial charge in [-0.3, -0.25) is 0 Å². The van der Waals surface area contributed by atoms with Crippen LogP contribution in [-0.2, 0) is 0 Å². The van der Waals surface area contributed by atoms with Crippen molar-refractivity contribution in [3.63, 3.8) is 0 Å². The molecule has 13 heavy (non-hydrogen) atoms. The van der Waals surface area contributed by atoms with Gasteiger partial charge in [-0.1, -0.05) is 56.0 Å². The second-order valence-corrected chi connectivity index (χ2v) is 3.07. The first-order valence-corrected chi connectivity index (χ1v) is 4.67. The SMILES string of the molecule is C=CC1=CC=C(CC)CC=C1C=C. The van der Waals surface area contributed by atoms with Gasteiger partial charge in [0, 0.05) is 0 Å². The normalized spacial score (nSPS) is 16.5. The van der Waals surface area contributed by atoms with E-state index in [1.54, 1.807) is 0 Å². The van der Waals surface area contributed by atoms with Crippen molar-refractivity contribution in [2.24, 2.45) is 0 Å². The van der Waals surface area contributed by atoms with Gasteiger partial charge in [0.25, 0.3) is 0 Å². The molecule has 0 N–H and O–H groups in total. The summed E-state index contributed by atoms with van der Waals surface area (Å²) in [6.07, 6.45) is 12.4. The van der Waals surface area contributed by atoms with E-state index in [4.69, 9.17) is 0 Å². The maximum atomic E-state index is 3.80. The maximum absolute atomic E-state index is 3.80. The Morgan fingerprint density at radius 2 is 1.92 bits per heavy atom. The van der Waals surface area contributed by atoms with Crippen LogP contribution in [0, 0.1) is 0 Å². The molecule has 0 aromatic rings. The van der Waals surface area contributed by atoms with Crippen LogP contribution in [0.15, 0.2) is 60.3 Å². The van der Waals surface area contributed by atoms with E-state index in [1.165, 1.54) is 16.7 Å². The van der Waals surface area contributed by atoms with Crippen molar-refractivity contribution < 1.29 is 0 Å². The third kappa shape index (κ3) is 2.32. The number of rotatable bonds is 3. The quantitative estimate of drug-likeness (QED) is 0.604. The van der Waals surface area contributed by atoms with Crippen molar-refractivity contribution in [3.05, 3.63) is 60.3 Å². The minimum Gasteiger partial charge on any atom is -0.0985 e. The molecule has 68 valence electrons. The molecule has 0 nitrogen and oxygen atoms in total. The van der Waals surface area contributed by atoms with Crippen molar-refractivity contribution in [1.82, 2.24) is 0 Å². The highest BCUT2D eigenvalue weighted by Crippen LogP contribution is 2.20. The zero-order valence-electron chi connectivity index (χ0n) is 8.22. The Balaban J connectivity index is 3.00. The summed E-state index contributed by atoms with van der Waals surface area (Å²) in [7, 11) is 0. The van der Waals surface area contributed by atoms with E-state index in [9.17, 15) is 0 Å². The fourth-order valence-corrected chi connectivity index (χ4v) is 1.38. The summed E-state index contributed by atoms with van der Waals surface area (Å²) in [5.41, 5.74) is 3.81. The standard InChI is InChI=1S/C13H16/c1-4-11-7-9-12(5-2)13(6-3)10-8-11/h5-7,9-10H,2-4,8H2,1H3. The molecule has 1 aliphatic carbocycles. The lowest BCUT2D eigenvalue weighted by Crippen LogP contribution is -1.80. The van der Waals surface area contributed by atoms with Crippen molar-refractivity contribution in [2.45, 2.75) is 19.8 Å². The van der Waals surface area contributed by atoms with Crippen molar-refractivity contribution >= 4 is 0 Å². The molecule has 1 rings (SSSR count). The van der Waals surface area contributed by atoms with Gasteiger partial charge in [0.05, 0.1) is 0 Å². The van der Waals surface area contributed by atoms with Crippen LogP contribution in [0.5, 0.6) is 0 Å². The summed E-state index contributed by atoms with van der Waals surface area (Å²) in [5.74, 6) is 0. The number of hydrogen-bond acceptors (Lipinski definition) is 0. The lowest BCUT2D eigenvalue weighted by Gasteiger charge is -1.99. The van der Waals surface area contributed by atoms with E-state index >= 15 is 0 Å². The van der Waals surface area contributed by atoms with Crippen LogP contribution in [0.1, 0.15) is 19.8 Å². The molecule has 1 aliphatic rings. The molecule has 0 radical (unpaired) electrons. The van der Waals surface area contributed by atoms with Gasteiger partial charge in [-0.05, 0) is 24.0 Å². The molecule has 0 aromatic heterocycles. The Kier molecular flexibility index (Phi) is 3.51. The van der Waals surface area contributed by atoms with Crippen LogP contribution in [0.3, 0.4) is 0 Å². The van der Waals surface area contributed by atoms with Crippen LogP contribution in [-0.4, -0.2) is 0 Å². The molecule has 0 amide bonds. The molecule has 0 bridgehead atoms. The molecular weight excluding hydrogens is 156 g/mol. The highest BCUT2D eigenvalue weighted by Gasteiger charge is 2.01. The van der Waals surface area contributed by atoms with Crippen molar-refractivity contribution in [2.75, 3.05) is 0 Å². The lowest BCUT2D eigenvalue weighted by atomic mass is 10.1. The molecular formula is C13H16. The highest BCUT2D eigenvalue weighted by molar-refractivity contribution is 5.49. The predicted molar refractivity (Wildman–Crippen MR) is 59.6 cm³/mol. The minimum absolute atomic E-state index is 1.03. The summed E-state index contributed by atoms with van der Waals surface area (Å²) >= 11 is 0. The molecule has 0 saturated heterocycles. The highest BCUT2D eigenvalue weighted by atomic mass is 14.1. The molecule has 0 aromatic carbocycles. The van der Waals surface area contributed by atoms with Crippen LogP contribution >= 0.6 is 0 Å². The molecule has 0 spiro atoms. The molecule has 0 heteroatoms. The van der Waals surface area contributed by atoms with E-state index in [2.05, 4.69) is 38.3 Å². The molecule has 0 saturated carbocycles.